The smallest absolute Gasteiger partial charge is 0.354 e. The van der Waals surface area contributed by atoms with Crippen LogP contribution in [-0.2, 0) is 6.18 Å². The Bertz CT molecular complexity index is 422. The van der Waals surface area contributed by atoms with E-state index in [-0.39, 0.29) is 12.0 Å². The maximum atomic E-state index is 12.5. The minimum Gasteiger partial charge on any atom is -0.354 e. The predicted octanol–water partition coefficient (Wildman–Crippen LogP) is 2.42. The molecule has 1 aromatic rings. The lowest BCUT2D eigenvalue weighted by Gasteiger charge is -2.26. The van der Waals surface area contributed by atoms with Crippen LogP contribution in [0.15, 0.2) is 12.3 Å². The van der Waals surface area contributed by atoms with Crippen molar-refractivity contribution in [2.24, 2.45) is 11.7 Å². The van der Waals surface area contributed by atoms with Gasteiger partial charge < -0.3 is 11.1 Å². The van der Waals surface area contributed by atoms with Crippen molar-refractivity contribution in [3.8, 4) is 0 Å². The van der Waals surface area contributed by atoms with Crippen LogP contribution >= 0.6 is 0 Å². The van der Waals surface area contributed by atoms with Crippen molar-refractivity contribution in [3.63, 3.8) is 0 Å². The second-order valence-electron chi connectivity index (χ2n) is 4.94. The van der Waals surface area contributed by atoms with Crippen LogP contribution in [0.2, 0.25) is 0 Å². The Kier molecular flexibility index (Phi) is 4.24. The van der Waals surface area contributed by atoms with Crippen LogP contribution in [0.5, 0.6) is 0 Å². The van der Waals surface area contributed by atoms with Crippen LogP contribution in [0.1, 0.15) is 31.4 Å². The van der Waals surface area contributed by atoms with E-state index < -0.39 is 11.9 Å². The van der Waals surface area contributed by atoms with Gasteiger partial charge in [-0.15, -0.1) is 0 Å². The quantitative estimate of drug-likeness (QED) is 0.888. The Balaban J connectivity index is 1.92. The average Bonchev–Trinajstić information content (AvgIpc) is 2.36. The molecule has 7 heteroatoms. The van der Waals surface area contributed by atoms with Crippen molar-refractivity contribution >= 4 is 5.95 Å². The van der Waals surface area contributed by atoms with E-state index in [0.29, 0.717) is 12.5 Å². The minimum absolute atomic E-state index is 0.0222. The molecule has 1 fully saturated rings. The Morgan fingerprint density at radius 2 is 2.16 bits per heavy atom. The van der Waals surface area contributed by atoms with E-state index in [4.69, 9.17) is 5.73 Å². The van der Waals surface area contributed by atoms with Gasteiger partial charge in [0.05, 0.1) is 0 Å². The van der Waals surface area contributed by atoms with Crippen LogP contribution in [0, 0.1) is 5.92 Å². The third kappa shape index (κ3) is 4.05. The maximum Gasteiger partial charge on any atom is 0.433 e. The molecule has 2 rings (SSSR count). The first-order valence-electron chi connectivity index (χ1n) is 6.35. The molecule has 1 heterocycles. The van der Waals surface area contributed by atoms with Gasteiger partial charge in [-0.1, -0.05) is 6.42 Å². The molecule has 2 atom stereocenters. The predicted molar refractivity (Wildman–Crippen MR) is 65.5 cm³/mol. The van der Waals surface area contributed by atoms with Crippen molar-refractivity contribution in [2.45, 2.75) is 37.9 Å². The fraction of sp³-hybridized carbons (Fsp3) is 0.667. The van der Waals surface area contributed by atoms with E-state index in [2.05, 4.69) is 15.3 Å². The third-order valence-corrected chi connectivity index (χ3v) is 3.32. The number of hydrogen-bond acceptors (Lipinski definition) is 4. The molecular weight excluding hydrogens is 257 g/mol. The largest absolute Gasteiger partial charge is 0.433 e. The summed E-state index contributed by atoms with van der Waals surface area (Å²) in [5.74, 6) is 0.399. The summed E-state index contributed by atoms with van der Waals surface area (Å²) < 4.78 is 37.4. The lowest BCUT2D eigenvalue weighted by molar-refractivity contribution is -0.141. The molecule has 0 radical (unpaired) electrons. The summed E-state index contributed by atoms with van der Waals surface area (Å²) in [4.78, 5) is 7.27. The lowest BCUT2D eigenvalue weighted by atomic mass is 9.86. The van der Waals surface area contributed by atoms with Gasteiger partial charge in [-0.05, 0) is 31.2 Å². The molecule has 19 heavy (non-hydrogen) atoms. The number of alkyl halides is 3. The van der Waals surface area contributed by atoms with Crippen LogP contribution in [0.4, 0.5) is 19.1 Å². The van der Waals surface area contributed by atoms with Gasteiger partial charge in [-0.2, -0.15) is 13.2 Å². The molecule has 0 bridgehead atoms. The Hall–Kier alpha value is -1.37. The summed E-state index contributed by atoms with van der Waals surface area (Å²) in [6.07, 6.45) is 0.705. The number of halogens is 3. The first kappa shape index (κ1) is 14.0. The zero-order chi connectivity index (χ0) is 13.9. The Morgan fingerprint density at radius 3 is 2.84 bits per heavy atom. The van der Waals surface area contributed by atoms with Gasteiger partial charge >= 0.3 is 6.18 Å². The third-order valence-electron chi connectivity index (χ3n) is 3.32. The first-order valence-corrected chi connectivity index (χ1v) is 6.35. The molecule has 0 aliphatic heterocycles. The SMILES string of the molecule is NC1CCCC(CNc2nccc(C(F)(F)F)n2)C1. The highest BCUT2D eigenvalue weighted by Gasteiger charge is 2.32. The topological polar surface area (TPSA) is 63.8 Å². The van der Waals surface area contributed by atoms with Crippen LogP contribution in [0.25, 0.3) is 0 Å². The average molecular weight is 274 g/mol. The van der Waals surface area contributed by atoms with Crippen molar-refractivity contribution < 1.29 is 13.2 Å². The van der Waals surface area contributed by atoms with E-state index in [1.54, 1.807) is 0 Å². The highest BCUT2D eigenvalue weighted by molar-refractivity contribution is 5.26. The van der Waals surface area contributed by atoms with Gasteiger partial charge in [-0.3, -0.25) is 0 Å². The molecular formula is C12H17F3N4. The summed E-state index contributed by atoms with van der Waals surface area (Å²) in [5.41, 5.74) is 4.94. The van der Waals surface area contributed by atoms with Gasteiger partial charge in [0, 0.05) is 18.8 Å². The fourth-order valence-corrected chi connectivity index (χ4v) is 2.36. The monoisotopic (exact) mass is 274 g/mol. The Morgan fingerprint density at radius 1 is 1.37 bits per heavy atom. The van der Waals surface area contributed by atoms with E-state index in [1.165, 1.54) is 0 Å². The second-order valence-corrected chi connectivity index (χ2v) is 4.94. The van der Waals surface area contributed by atoms with Crippen LogP contribution in [-0.4, -0.2) is 22.6 Å². The zero-order valence-corrected chi connectivity index (χ0v) is 10.5. The minimum atomic E-state index is -4.44. The number of rotatable bonds is 3. The molecule has 0 spiro atoms. The standard InChI is InChI=1S/C12H17F3N4/c13-12(14,15)10-4-5-17-11(19-10)18-7-8-2-1-3-9(16)6-8/h4-5,8-9H,1-3,6-7,16H2,(H,17,18,19). The van der Waals surface area contributed by atoms with E-state index in [0.717, 1.165) is 37.9 Å². The van der Waals surface area contributed by atoms with Crippen molar-refractivity contribution in [1.82, 2.24) is 9.97 Å². The number of nitrogens with one attached hydrogen (secondary N) is 1. The molecule has 4 nitrogen and oxygen atoms in total. The molecule has 0 saturated heterocycles. The molecule has 1 aliphatic rings. The van der Waals surface area contributed by atoms with Gasteiger partial charge in [0.15, 0.2) is 0 Å². The molecule has 1 saturated carbocycles. The molecule has 0 aromatic carbocycles. The Labute approximate surface area is 109 Å². The number of nitrogens with zero attached hydrogens (tertiary/aromatic N) is 2. The number of hydrogen-bond donors (Lipinski definition) is 2. The molecule has 1 aliphatic carbocycles. The number of aromatic nitrogens is 2. The lowest BCUT2D eigenvalue weighted by Crippen LogP contribution is -2.31. The number of nitrogens with two attached hydrogens (primary N) is 1. The normalized spacial score (nSPS) is 24.2. The zero-order valence-electron chi connectivity index (χ0n) is 10.5. The highest BCUT2D eigenvalue weighted by Crippen LogP contribution is 2.28. The summed E-state index contributed by atoms with van der Waals surface area (Å²) in [5, 5.41) is 2.87. The maximum absolute atomic E-state index is 12.5. The summed E-state index contributed by atoms with van der Waals surface area (Å²) in [6.45, 7) is 0.564. The van der Waals surface area contributed by atoms with Gasteiger partial charge in [0.25, 0.3) is 0 Å². The van der Waals surface area contributed by atoms with Crippen LogP contribution in [0.3, 0.4) is 0 Å². The highest BCUT2D eigenvalue weighted by atomic mass is 19.4. The molecule has 1 aromatic heterocycles. The van der Waals surface area contributed by atoms with Crippen molar-refractivity contribution in [3.05, 3.63) is 18.0 Å². The molecule has 106 valence electrons. The van der Waals surface area contributed by atoms with Crippen LogP contribution < -0.4 is 11.1 Å². The van der Waals surface area contributed by atoms with Gasteiger partial charge in [-0.25, -0.2) is 9.97 Å². The summed E-state index contributed by atoms with van der Waals surface area (Å²) in [6, 6.07) is 1.06. The van der Waals surface area contributed by atoms with Crippen molar-refractivity contribution in [1.29, 1.82) is 0 Å². The summed E-state index contributed by atoms with van der Waals surface area (Å²) >= 11 is 0. The van der Waals surface area contributed by atoms with Crippen molar-refractivity contribution in [2.75, 3.05) is 11.9 Å². The van der Waals surface area contributed by atoms with E-state index >= 15 is 0 Å². The molecule has 3 N–H and O–H groups in total. The fourth-order valence-electron chi connectivity index (χ4n) is 2.36. The first-order chi connectivity index (χ1) is 8.95. The summed E-state index contributed by atoms with van der Waals surface area (Å²) in [7, 11) is 0. The number of anilines is 1. The van der Waals surface area contributed by atoms with Gasteiger partial charge in [0.1, 0.15) is 5.69 Å². The molecule has 0 amide bonds. The van der Waals surface area contributed by atoms with E-state index in [9.17, 15) is 13.2 Å². The van der Waals surface area contributed by atoms with Gasteiger partial charge in [0.2, 0.25) is 5.95 Å². The van der Waals surface area contributed by atoms with E-state index in [1.807, 2.05) is 0 Å². The second kappa shape index (κ2) is 5.73. The molecule has 2 unspecified atom stereocenters.